The number of likely N-dealkylation sites (tertiary alicyclic amines) is 1. The van der Waals surface area contributed by atoms with Gasteiger partial charge in [-0.3, -0.25) is 4.90 Å². The molecule has 78 valence electrons. The Bertz CT molecular complexity index is 303. The van der Waals surface area contributed by atoms with Crippen LogP contribution in [0.3, 0.4) is 0 Å². The van der Waals surface area contributed by atoms with Gasteiger partial charge < -0.3 is 5.11 Å². The van der Waals surface area contributed by atoms with Crippen LogP contribution >= 0.6 is 43.2 Å². The fourth-order valence-electron chi connectivity index (χ4n) is 1.61. The largest absolute Gasteiger partial charge is 0.396 e. The fourth-order valence-corrected chi connectivity index (χ4v) is 3.83. The molecule has 1 fully saturated rings. The molecular formula is C9H11Br2NOS. The van der Waals surface area contributed by atoms with Gasteiger partial charge in [-0.1, -0.05) is 0 Å². The van der Waals surface area contributed by atoms with Crippen molar-refractivity contribution in [2.45, 2.75) is 6.54 Å². The zero-order chi connectivity index (χ0) is 10.1. The zero-order valence-electron chi connectivity index (χ0n) is 7.54. The van der Waals surface area contributed by atoms with Gasteiger partial charge in [0.2, 0.25) is 0 Å². The van der Waals surface area contributed by atoms with E-state index < -0.39 is 0 Å². The topological polar surface area (TPSA) is 23.5 Å². The van der Waals surface area contributed by atoms with Crippen LogP contribution in [-0.4, -0.2) is 29.7 Å². The van der Waals surface area contributed by atoms with Crippen LogP contribution in [0.2, 0.25) is 0 Å². The quantitative estimate of drug-likeness (QED) is 0.914. The Morgan fingerprint density at radius 1 is 1.50 bits per heavy atom. The van der Waals surface area contributed by atoms with Gasteiger partial charge in [0.05, 0.1) is 3.79 Å². The molecule has 0 aromatic carbocycles. The van der Waals surface area contributed by atoms with Crippen LogP contribution in [-0.2, 0) is 6.54 Å². The Hall–Kier alpha value is 0.580. The van der Waals surface area contributed by atoms with Crippen molar-refractivity contribution in [3.8, 4) is 0 Å². The van der Waals surface area contributed by atoms with E-state index in [0.29, 0.717) is 12.5 Å². The molecule has 0 spiro atoms. The van der Waals surface area contributed by atoms with Gasteiger partial charge in [-0.15, -0.1) is 11.3 Å². The van der Waals surface area contributed by atoms with E-state index in [4.69, 9.17) is 5.11 Å². The maximum Gasteiger partial charge on any atom is 0.0843 e. The normalized spacial score (nSPS) is 18.5. The number of rotatable bonds is 3. The molecule has 5 heteroatoms. The highest BCUT2D eigenvalue weighted by Crippen LogP contribution is 2.33. The van der Waals surface area contributed by atoms with Gasteiger partial charge in [0.25, 0.3) is 0 Å². The Kier molecular flexibility index (Phi) is 3.65. The molecule has 2 heterocycles. The summed E-state index contributed by atoms with van der Waals surface area (Å²) in [5, 5.41) is 8.88. The smallest absolute Gasteiger partial charge is 0.0843 e. The molecule has 1 aromatic heterocycles. The monoisotopic (exact) mass is 339 g/mol. The average Bonchev–Trinajstić information content (AvgIpc) is 2.38. The van der Waals surface area contributed by atoms with Crippen LogP contribution in [0.25, 0.3) is 0 Å². The Balaban J connectivity index is 1.87. The van der Waals surface area contributed by atoms with Crippen molar-refractivity contribution in [1.82, 2.24) is 4.90 Å². The molecule has 1 aromatic rings. The summed E-state index contributed by atoms with van der Waals surface area (Å²) >= 11 is 8.73. The zero-order valence-corrected chi connectivity index (χ0v) is 11.5. The molecule has 2 nitrogen and oxygen atoms in total. The Labute approximate surface area is 104 Å². The standard InChI is InChI=1S/C9H11Br2NOS/c10-8-1-7(14-9(8)11)4-12-2-6(3-12)5-13/h1,6,13H,2-5H2. The van der Waals surface area contributed by atoms with Gasteiger partial charge in [0.1, 0.15) is 0 Å². The molecule has 1 aliphatic rings. The van der Waals surface area contributed by atoms with Gasteiger partial charge >= 0.3 is 0 Å². The molecule has 0 bridgehead atoms. The van der Waals surface area contributed by atoms with Gasteiger partial charge in [0, 0.05) is 41.5 Å². The van der Waals surface area contributed by atoms with E-state index in [9.17, 15) is 0 Å². The fraction of sp³-hybridized carbons (Fsp3) is 0.556. The van der Waals surface area contributed by atoms with Gasteiger partial charge in [-0.05, 0) is 37.9 Å². The van der Waals surface area contributed by atoms with Crippen LogP contribution in [0.5, 0.6) is 0 Å². The number of nitrogens with zero attached hydrogens (tertiary/aromatic N) is 1. The first-order valence-electron chi connectivity index (χ1n) is 4.46. The molecule has 2 rings (SSSR count). The summed E-state index contributed by atoms with van der Waals surface area (Å²) in [6.07, 6.45) is 0. The summed E-state index contributed by atoms with van der Waals surface area (Å²) in [6.45, 7) is 3.40. The summed E-state index contributed by atoms with van der Waals surface area (Å²) in [5.74, 6) is 0.502. The van der Waals surface area contributed by atoms with Crippen molar-refractivity contribution in [2.24, 2.45) is 5.92 Å². The molecule has 0 atom stereocenters. The van der Waals surface area contributed by atoms with Crippen LogP contribution in [0.4, 0.5) is 0 Å². The van der Waals surface area contributed by atoms with E-state index in [1.165, 1.54) is 4.88 Å². The summed E-state index contributed by atoms with van der Waals surface area (Å²) in [4.78, 5) is 3.71. The third-order valence-corrected chi connectivity index (χ3v) is 5.61. The molecule has 1 saturated heterocycles. The third kappa shape index (κ3) is 2.39. The minimum atomic E-state index is 0.328. The molecule has 0 radical (unpaired) electrons. The SMILES string of the molecule is OCC1CN(Cc2cc(Br)c(Br)s2)C1. The maximum absolute atomic E-state index is 8.88. The van der Waals surface area contributed by atoms with E-state index in [0.717, 1.165) is 27.9 Å². The lowest BCUT2D eigenvalue weighted by Gasteiger charge is -2.37. The van der Waals surface area contributed by atoms with Crippen molar-refractivity contribution >= 4 is 43.2 Å². The Morgan fingerprint density at radius 3 is 2.71 bits per heavy atom. The molecule has 14 heavy (non-hydrogen) atoms. The molecule has 0 amide bonds. The van der Waals surface area contributed by atoms with Crippen molar-refractivity contribution in [1.29, 1.82) is 0 Å². The highest BCUT2D eigenvalue weighted by atomic mass is 79.9. The van der Waals surface area contributed by atoms with E-state index in [1.54, 1.807) is 11.3 Å². The van der Waals surface area contributed by atoms with Crippen LogP contribution in [0.1, 0.15) is 4.88 Å². The molecule has 0 saturated carbocycles. The first-order valence-corrected chi connectivity index (χ1v) is 6.86. The lowest BCUT2D eigenvalue weighted by Crippen LogP contribution is -2.47. The molecule has 1 N–H and O–H groups in total. The first-order chi connectivity index (χ1) is 6.69. The predicted octanol–water partition coefficient (Wildman–Crippen LogP) is 2.70. The van der Waals surface area contributed by atoms with Crippen molar-refractivity contribution < 1.29 is 5.11 Å². The summed E-state index contributed by atoms with van der Waals surface area (Å²) in [6, 6.07) is 2.15. The number of aliphatic hydroxyl groups excluding tert-OH is 1. The van der Waals surface area contributed by atoms with Gasteiger partial charge in [-0.2, -0.15) is 0 Å². The van der Waals surface area contributed by atoms with Crippen LogP contribution in [0, 0.1) is 5.92 Å². The Morgan fingerprint density at radius 2 is 2.21 bits per heavy atom. The average molecular weight is 341 g/mol. The number of halogens is 2. The number of hydrogen-bond acceptors (Lipinski definition) is 3. The third-order valence-electron chi connectivity index (χ3n) is 2.37. The van der Waals surface area contributed by atoms with Crippen LogP contribution in [0.15, 0.2) is 14.3 Å². The second-order valence-corrected chi connectivity index (χ2v) is 6.89. The number of hydrogen-bond donors (Lipinski definition) is 1. The summed E-state index contributed by atoms with van der Waals surface area (Å²) in [7, 11) is 0. The highest BCUT2D eigenvalue weighted by molar-refractivity contribution is 9.13. The highest BCUT2D eigenvalue weighted by Gasteiger charge is 2.26. The maximum atomic E-state index is 8.88. The predicted molar refractivity (Wildman–Crippen MR) is 65.6 cm³/mol. The lowest BCUT2D eigenvalue weighted by molar-refractivity contribution is 0.0487. The summed E-state index contributed by atoms with van der Waals surface area (Å²) in [5.41, 5.74) is 0. The second kappa shape index (κ2) is 4.61. The minimum Gasteiger partial charge on any atom is -0.396 e. The minimum absolute atomic E-state index is 0.328. The molecule has 1 aliphatic heterocycles. The van der Waals surface area contributed by atoms with Crippen molar-refractivity contribution in [3.63, 3.8) is 0 Å². The molecular weight excluding hydrogens is 330 g/mol. The molecule has 0 aliphatic carbocycles. The van der Waals surface area contributed by atoms with Crippen LogP contribution < -0.4 is 0 Å². The lowest BCUT2D eigenvalue weighted by atomic mass is 10.0. The molecule has 0 unspecified atom stereocenters. The number of thiophene rings is 1. The number of aliphatic hydroxyl groups is 1. The van der Waals surface area contributed by atoms with Crippen molar-refractivity contribution in [3.05, 3.63) is 19.2 Å². The van der Waals surface area contributed by atoms with Gasteiger partial charge in [0.15, 0.2) is 0 Å². The van der Waals surface area contributed by atoms with E-state index in [1.807, 2.05) is 0 Å². The van der Waals surface area contributed by atoms with E-state index in [-0.39, 0.29) is 0 Å². The second-order valence-electron chi connectivity index (χ2n) is 3.58. The van der Waals surface area contributed by atoms with Gasteiger partial charge in [-0.25, -0.2) is 0 Å². The van der Waals surface area contributed by atoms with E-state index >= 15 is 0 Å². The van der Waals surface area contributed by atoms with E-state index in [2.05, 4.69) is 42.8 Å². The summed E-state index contributed by atoms with van der Waals surface area (Å²) < 4.78 is 2.29. The first kappa shape index (κ1) is 11.1. The van der Waals surface area contributed by atoms with Crippen molar-refractivity contribution in [2.75, 3.05) is 19.7 Å².